The molecule has 3 N–H and O–H groups in total. The van der Waals surface area contributed by atoms with Gasteiger partial charge in [0.2, 0.25) is 5.91 Å². The predicted molar refractivity (Wildman–Crippen MR) is 183 cm³/mol. The smallest absolute Gasteiger partial charge is 0.325 e. The average molecular weight is 666 g/mol. The molecule has 3 amide bonds. The third kappa shape index (κ3) is 9.23. The maximum atomic E-state index is 13.4. The zero-order valence-electron chi connectivity index (χ0n) is 25.6. The summed E-state index contributed by atoms with van der Waals surface area (Å²) in [6, 6.07) is 36.2. The van der Waals surface area contributed by atoms with Crippen molar-refractivity contribution in [3.05, 3.63) is 167 Å². The van der Waals surface area contributed by atoms with E-state index in [2.05, 4.69) is 16.0 Å². The summed E-state index contributed by atoms with van der Waals surface area (Å²) in [5, 5.41) is 7.35. The number of hydrogen-bond donors (Lipinski definition) is 3. The van der Waals surface area contributed by atoms with Crippen molar-refractivity contribution in [1.82, 2.24) is 5.32 Å². The number of benzene rings is 5. The van der Waals surface area contributed by atoms with Crippen LogP contribution >= 0.6 is 11.8 Å². The molecule has 0 bridgehead atoms. The highest BCUT2D eigenvalue weighted by atomic mass is 32.2. The van der Waals surface area contributed by atoms with Gasteiger partial charge in [-0.1, -0.05) is 84.4 Å². The van der Waals surface area contributed by atoms with Crippen molar-refractivity contribution in [2.45, 2.75) is 23.2 Å². The number of carbonyl (C=O) groups is 3. The van der Waals surface area contributed by atoms with Crippen molar-refractivity contribution >= 4 is 46.9 Å². The molecule has 0 heterocycles. The number of alkyl halides is 3. The molecule has 0 radical (unpaired) electrons. The van der Waals surface area contributed by atoms with Gasteiger partial charge in [-0.2, -0.15) is 13.2 Å². The van der Waals surface area contributed by atoms with Gasteiger partial charge in [-0.3, -0.25) is 14.4 Å². The van der Waals surface area contributed by atoms with Gasteiger partial charge in [0.1, 0.15) is 10.9 Å². The van der Waals surface area contributed by atoms with E-state index in [4.69, 9.17) is 0 Å². The number of amides is 3. The molecule has 0 aromatic heterocycles. The van der Waals surface area contributed by atoms with Crippen LogP contribution in [0.4, 0.5) is 24.5 Å². The first kappa shape index (κ1) is 33.7. The van der Waals surface area contributed by atoms with Gasteiger partial charge in [0.15, 0.2) is 0 Å². The monoisotopic (exact) mass is 665 g/mol. The van der Waals surface area contributed by atoms with Crippen LogP contribution in [0.15, 0.2) is 144 Å². The topological polar surface area (TPSA) is 87.3 Å². The molecule has 48 heavy (non-hydrogen) atoms. The van der Waals surface area contributed by atoms with Crippen molar-refractivity contribution in [3.63, 3.8) is 0 Å². The van der Waals surface area contributed by atoms with E-state index in [-0.39, 0.29) is 11.4 Å². The van der Waals surface area contributed by atoms with Gasteiger partial charge < -0.3 is 16.0 Å². The van der Waals surface area contributed by atoms with Crippen molar-refractivity contribution in [3.8, 4) is 0 Å². The second-order valence-electron chi connectivity index (χ2n) is 10.7. The molecule has 0 spiro atoms. The molecule has 242 valence electrons. The van der Waals surface area contributed by atoms with Crippen LogP contribution in [-0.4, -0.2) is 17.7 Å². The van der Waals surface area contributed by atoms with Crippen LogP contribution in [0, 0.1) is 6.92 Å². The van der Waals surface area contributed by atoms with E-state index < -0.39 is 34.7 Å². The van der Waals surface area contributed by atoms with Crippen LogP contribution in [-0.2, 0) is 15.8 Å². The standard InChI is InChI=1S/C38H30F3N3O3S/c1-25-15-17-26(18-16-25)23-33(44-35(45)28-11-6-3-7-12-28)36(46)42-30-19-21-32(22-20-30)48-34(27-9-4-2-5-10-27)37(47)43-31-14-8-13-29(24-31)38(39,40)41/h2-24,34H,1H3,(H,42,46)(H,43,47)(H,44,45)/b33-23-. The lowest BCUT2D eigenvalue weighted by molar-refractivity contribution is -0.137. The number of carbonyl (C=O) groups excluding carboxylic acids is 3. The Kier molecular flexibility index (Phi) is 10.8. The quantitative estimate of drug-likeness (QED) is 0.103. The van der Waals surface area contributed by atoms with Gasteiger partial charge >= 0.3 is 6.18 Å². The average Bonchev–Trinajstić information content (AvgIpc) is 3.09. The van der Waals surface area contributed by atoms with Gasteiger partial charge in [-0.25, -0.2) is 0 Å². The number of nitrogens with one attached hydrogen (secondary N) is 3. The Labute approximate surface area is 280 Å². The van der Waals surface area contributed by atoms with Crippen LogP contribution in [0.5, 0.6) is 0 Å². The lowest BCUT2D eigenvalue weighted by atomic mass is 10.1. The van der Waals surface area contributed by atoms with E-state index in [0.29, 0.717) is 21.7 Å². The molecule has 0 aliphatic rings. The van der Waals surface area contributed by atoms with Gasteiger partial charge in [0.05, 0.1) is 5.56 Å². The van der Waals surface area contributed by atoms with Crippen molar-refractivity contribution in [2.24, 2.45) is 0 Å². The molecule has 5 aromatic rings. The summed E-state index contributed by atoms with van der Waals surface area (Å²) in [6.45, 7) is 1.95. The van der Waals surface area contributed by atoms with Crippen LogP contribution in [0.3, 0.4) is 0 Å². The summed E-state index contributed by atoms with van der Waals surface area (Å²) in [4.78, 5) is 40.4. The minimum absolute atomic E-state index is 0.0308. The Hall–Kier alpha value is -5.61. The second-order valence-corrected chi connectivity index (χ2v) is 11.9. The van der Waals surface area contributed by atoms with Crippen molar-refractivity contribution in [2.75, 3.05) is 10.6 Å². The first-order valence-electron chi connectivity index (χ1n) is 14.8. The maximum absolute atomic E-state index is 13.4. The van der Waals surface area contributed by atoms with E-state index in [1.54, 1.807) is 91.0 Å². The summed E-state index contributed by atoms with van der Waals surface area (Å²) in [5.74, 6) is -1.47. The van der Waals surface area contributed by atoms with Gasteiger partial charge in [0.25, 0.3) is 11.8 Å². The summed E-state index contributed by atoms with van der Waals surface area (Å²) in [7, 11) is 0. The minimum atomic E-state index is -4.55. The SMILES string of the molecule is Cc1ccc(/C=C(\NC(=O)c2ccccc2)C(=O)Nc2ccc(SC(C(=O)Nc3cccc(C(F)(F)F)c3)c3ccccc3)cc2)cc1. The molecule has 10 heteroatoms. The molecule has 0 aliphatic heterocycles. The highest BCUT2D eigenvalue weighted by Crippen LogP contribution is 2.37. The van der Waals surface area contributed by atoms with Crippen LogP contribution < -0.4 is 16.0 Å². The molecular formula is C38H30F3N3O3S. The fourth-order valence-corrected chi connectivity index (χ4v) is 5.63. The molecule has 5 aromatic carbocycles. The van der Waals surface area contributed by atoms with E-state index in [1.165, 1.54) is 23.9 Å². The number of hydrogen-bond acceptors (Lipinski definition) is 4. The summed E-state index contributed by atoms with van der Waals surface area (Å²) in [6.07, 6.45) is -2.95. The predicted octanol–water partition coefficient (Wildman–Crippen LogP) is 8.90. The van der Waals surface area contributed by atoms with E-state index in [0.717, 1.165) is 23.3 Å². The number of thioether (sulfide) groups is 1. The normalized spacial score (nSPS) is 12.1. The molecule has 0 fully saturated rings. The van der Waals surface area contributed by atoms with Gasteiger partial charge in [-0.05, 0) is 78.7 Å². The van der Waals surface area contributed by atoms with Crippen molar-refractivity contribution < 1.29 is 27.6 Å². The summed E-state index contributed by atoms with van der Waals surface area (Å²) in [5.41, 5.74) is 2.48. The Balaban J connectivity index is 1.32. The minimum Gasteiger partial charge on any atom is -0.325 e. The lowest BCUT2D eigenvalue weighted by Crippen LogP contribution is -2.30. The summed E-state index contributed by atoms with van der Waals surface area (Å²) >= 11 is 1.21. The van der Waals surface area contributed by atoms with E-state index in [9.17, 15) is 27.6 Å². The third-order valence-electron chi connectivity index (χ3n) is 7.08. The number of rotatable bonds is 10. The molecule has 1 unspecified atom stereocenters. The fourth-order valence-electron chi connectivity index (χ4n) is 4.60. The molecule has 6 nitrogen and oxygen atoms in total. The molecule has 0 saturated carbocycles. The molecule has 5 rings (SSSR count). The third-order valence-corrected chi connectivity index (χ3v) is 8.35. The largest absolute Gasteiger partial charge is 0.416 e. The van der Waals surface area contributed by atoms with Gasteiger partial charge in [0, 0.05) is 21.8 Å². The molecule has 0 aliphatic carbocycles. The number of anilines is 2. The molecular weight excluding hydrogens is 635 g/mol. The van der Waals surface area contributed by atoms with Crippen LogP contribution in [0.2, 0.25) is 0 Å². The van der Waals surface area contributed by atoms with E-state index in [1.807, 2.05) is 31.2 Å². The van der Waals surface area contributed by atoms with Crippen molar-refractivity contribution in [1.29, 1.82) is 0 Å². The fraction of sp³-hybridized carbons (Fsp3) is 0.0789. The highest BCUT2D eigenvalue weighted by molar-refractivity contribution is 8.00. The Morgan fingerprint density at radius 3 is 2.00 bits per heavy atom. The number of aryl methyl sites for hydroxylation is 1. The number of halogens is 3. The van der Waals surface area contributed by atoms with E-state index >= 15 is 0 Å². The van der Waals surface area contributed by atoms with Crippen LogP contribution in [0.1, 0.15) is 37.9 Å². The second kappa shape index (κ2) is 15.3. The Bertz CT molecular complexity index is 1910. The summed E-state index contributed by atoms with van der Waals surface area (Å²) < 4.78 is 39.7. The van der Waals surface area contributed by atoms with Gasteiger partial charge in [-0.15, -0.1) is 11.8 Å². The van der Waals surface area contributed by atoms with Crippen LogP contribution in [0.25, 0.3) is 6.08 Å². The zero-order valence-corrected chi connectivity index (χ0v) is 26.4. The first-order chi connectivity index (χ1) is 23.0. The lowest BCUT2D eigenvalue weighted by Gasteiger charge is -2.18. The highest BCUT2D eigenvalue weighted by Gasteiger charge is 2.31. The molecule has 0 saturated heterocycles. The molecule has 1 atom stereocenters. The maximum Gasteiger partial charge on any atom is 0.416 e. The first-order valence-corrected chi connectivity index (χ1v) is 15.7. The Morgan fingerprint density at radius 1 is 0.708 bits per heavy atom. The zero-order chi connectivity index (χ0) is 34.1. The Morgan fingerprint density at radius 2 is 1.35 bits per heavy atom.